The fourth-order valence-corrected chi connectivity index (χ4v) is 1.91. The molecule has 4 nitrogen and oxygen atoms in total. The molecule has 1 atom stereocenters. The number of nitrogens with zero attached hydrogens (tertiary/aromatic N) is 4. The molecule has 2 heterocycles. The van der Waals surface area contributed by atoms with Gasteiger partial charge in [-0.05, 0) is 32.4 Å². The summed E-state index contributed by atoms with van der Waals surface area (Å²) < 4.78 is 0. The summed E-state index contributed by atoms with van der Waals surface area (Å²) in [5.41, 5.74) is 2.36. The Morgan fingerprint density at radius 1 is 1.33 bits per heavy atom. The summed E-state index contributed by atoms with van der Waals surface area (Å²) >= 11 is 0. The predicted molar refractivity (Wildman–Crippen MR) is 61.8 cm³/mol. The molecule has 0 spiro atoms. The first kappa shape index (κ1) is 9.96. The molecular formula is C11H16N4. The minimum atomic E-state index is 0.270. The highest BCUT2D eigenvalue weighted by molar-refractivity contribution is 5.98. The third kappa shape index (κ3) is 1.56. The fraction of sp³-hybridized carbons (Fsp3) is 0.455. The second-order valence-corrected chi connectivity index (χ2v) is 3.88. The van der Waals surface area contributed by atoms with E-state index in [9.17, 15) is 0 Å². The third-order valence-electron chi connectivity index (χ3n) is 2.82. The van der Waals surface area contributed by atoms with E-state index in [-0.39, 0.29) is 6.17 Å². The Balaban J connectivity index is 2.40. The van der Waals surface area contributed by atoms with Crippen molar-refractivity contribution in [2.24, 2.45) is 5.10 Å². The average molecular weight is 204 g/mol. The lowest BCUT2D eigenvalue weighted by Crippen LogP contribution is -2.38. The standard InChI is InChI=1S/C11H16N4/c1-8-7-12-6-5-11(8)15-9(2)13-14(4)10(15)3/h5-7,10H,1-4H3. The summed E-state index contributed by atoms with van der Waals surface area (Å²) in [7, 11) is 1.99. The minimum absolute atomic E-state index is 0.270. The van der Waals surface area contributed by atoms with Crippen LogP contribution in [-0.2, 0) is 0 Å². The molecule has 80 valence electrons. The van der Waals surface area contributed by atoms with Crippen LogP contribution >= 0.6 is 0 Å². The lowest BCUT2D eigenvalue weighted by molar-refractivity contribution is 0.304. The molecule has 15 heavy (non-hydrogen) atoms. The molecule has 0 amide bonds. The molecule has 0 radical (unpaired) electrons. The zero-order valence-electron chi connectivity index (χ0n) is 9.60. The van der Waals surface area contributed by atoms with Gasteiger partial charge in [-0.15, -0.1) is 0 Å². The number of aryl methyl sites for hydroxylation is 1. The van der Waals surface area contributed by atoms with Crippen molar-refractivity contribution >= 4 is 11.5 Å². The highest BCUT2D eigenvalue weighted by Crippen LogP contribution is 2.25. The fourth-order valence-electron chi connectivity index (χ4n) is 1.91. The predicted octanol–water partition coefficient (Wildman–Crippen LogP) is 1.82. The van der Waals surface area contributed by atoms with Crippen LogP contribution < -0.4 is 4.90 Å². The van der Waals surface area contributed by atoms with Gasteiger partial charge in [-0.2, -0.15) is 5.10 Å². The van der Waals surface area contributed by atoms with Gasteiger partial charge in [0.05, 0.1) is 5.69 Å². The summed E-state index contributed by atoms with van der Waals surface area (Å²) in [5.74, 6) is 1.03. The topological polar surface area (TPSA) is 31.7 Å². The largest absolute Gasteiger partial charge is 0.306 e. The highest BCUT2D eigenvalue weighted by atomic mass is 15.6. The molecule has 0 bridgehead atoms. The minimum Gasteiger partial charge on any atom is -0.306 e. The van der Waals surface area contributed by atoms with Gasteiger partial charge in [-0.3, -0.25) is 9.99 Å². The van der Waals surface area contributed by atoms with Crippen molar-refractivity contribution in [1.29, 1.82) is 0 Å². The van der Waals surface area contributed by atoms with Gasteiger partial charge in [-0.1, -0.05) is 0 Å². The molecular weight excluding hydrogens is 188 g/mol. The average Bonchev–Trinajstić information content (AvgIpc) is 2.43. The number of hydrogen-bond acceptors (Lipinski definition) is 4. The van der Waals surface area contributed by atoms with Crippen LogP contribution in [0, 0.1) is 6.92 Å². The van der Waals surface area contributed by atoms with Crippen molar-refractivity contribution in [3.05, 3.63) is 24.0 Å². The molecule has 0 N–H and O–H groups in total. The van der Waals surface area contributed by atoms with Gasteiger partial charge in [-0.25, -0.2) is 0 Å². The van der Waals surface area contributed by atoms with E-state index in [1.165, 1.54) is 11.3 Å². The third-order valence-corrected chi connectivity index (χ3v) is 2.82. The molecule has 4 heteroatoms. The Labute approximate surface area is 90.2 Å². The second kappa shape index (κ2) is 3.53. The van der Waals surface area contributed by atoms with Crippen molar-refractivity contribution in [1.82, 2.24) is 9.99 Å². The van der Waals surface area contributed by atoms with Gasteiger partial charge in [0.15, 0.2) is 0 Å². The number of amidine groups is 1. The molecule has 1 aliphatic heterocycles. The Bertz CT molecular complexity index is 399. The van der Waals surface area contributed by atoms with Crippen LogP contribution in [0.15, 0.2) is 23.6 Å². The van der Waals surface area contributed by atoms with Crippen LogP contribution in [0.5, 0.6) is 0 Å². The Hall–Kier alpha value is -1.58. The first-order valence-electron chi connectivity index (χ1n) is 5.09. The van der Waals surface area contributed by atoms with E-state index < -0.39 is 0 Å². The summed E-state index contributed by atoms with van der Waals surface area (Å²) in [6.07, 6.45) is 3.97. The lowest BCUT2D eigenvalue weighted by atomic mass is 10.2. The Morgan fingerprint density at radius 2 is 2.07 bits per heavy atom. The SMILES string of the molecule is CC1=NN(C)C(C)N1c1ccncc1C. The molecule has 2 rings (SSSR count). The molecule has 1 aromatic heterocycles. The molecule has 1 unspecified atom stereocenters. The quantitative estimate of drug-likeness (QED) is 0.699. The summed E-state index contributed by atoms with van der Waals surface area (Å²) in [5, 5.41) is 6.39. The van der Waals surface area contributed by atoms with Gasteiger partial charge < -0.3 is 4.90 Å². The van der Waals surface area contributed by atoms with Crippen molar-refractivity contribution in [3.63, 3.8) is 0 Å². The van der Waals surface area contributed by atoms with Crippen LogP contribution in [-0.4, -0.2) is 29.0 Å². The number of rotatable bonds is 1. The normalized spacial score (nSPS) is 20.8. The van der Waals surface area contributed by atoms with E-state index in [0.717, 1.165) is 5.84 Å². The van der Waals surface area contributed by atoms with Gasteiger partial charge in [0, 0.05) is 19.4 Å². The van der Waals surface area contributed by atoms with Gasteiger partial charge in [0.25, 0.3) is 0 Å². The molecule has 1 aromatic rings. The van der Waals surface area contributed by atoms with Crippen LogP contribution in [0.1, 0.15) is 19.4 Å². The van der Waals surface area contributed by atoms with Crippen molar-refractivity contribution in [2.75, 3.05) is 11.9 Å². The highest BCUT2D eigenvalue weighted by Gasteiger charge is 2.27. The van der Waals surface area contributed by atoms with E-state index in [2.05, 4.69) is 28.8 Å². The number of aromatic nitrogens is 1. The van der Waals surface area contributed by atoms with Crippen molar-refractivity contribution in [3.8, 4) is 0 Å². The second-order valence-electron chi connectivity index (χ2n) is 3.88. The van der Waals surface area contributed by atoms with Crippen LogP contribution in [0.25, 0.3) is 0 Å². The van der Waals surface area contributed by atoms with E-state index in [1.54, 1.807) is 0 Å². The first-order valence-corrected chi connectivity index (χ1v) is 5.09. The molecule has 0 fully saturated rings. The number of hydrazone groups is 1. The maximum atomic E-state index is 4.42. The summed E-state index contributed by atoms with van der Waals surface area (Å²) in [4.78, 5) is 6.32. The van der Waals surface area contributed by atoms with Crippen LogP contribution in [0.3, 0.4) is 0 Å². The van der Waals surface area contributed by atoms with Gasteiger partial charge in [0.1, 0.15) is 12.0 Å². The molecule has 0 aliphatic carbocycles. The summed E-state index contributed by atoms with van der Waals surface area (Å²) in [6.45, 7) is 6.24. The van der Waals surface area contributed by atoms with Crippen LogP contribution in [0.4, 0.5) is 5.69 Å². The Kier molecular flexibility index (Phi) is 2.34. The van der Waals surface area contributed by atoms with E-state index in [4.69, 9.17) is 0 Å². The maximum absolute atomic E-state index is 4.42. The Morgan fingerprint density at radius 3 is 2.60 bits per heavy atom. The van der Waals surface area contributed by atoms with E-state index >= 15 is 0 Å². The smallest absolute Gasteiger partial charge is 0.128 e. The number of anilines is 1. The van der Waals surface area contributed by atoms with Crippen molar-refractivity contribution in [2.45, 2.75) is 26.9 Å². The van der Waals surface area contributed by atoms with E-state index in [1.807, 2.05) is 37.4 Å². The molecule has 0 saturated carbocycles. The maximum Gasteiger partial charge on any atom is 0.128 e. The molecule has 0 aromatic carbocycles. The van der Waals surface area contributed by atoms with Crippen molar-refractivity contribution < 1.29 is 0 Å². The molecule has 0 saturated heterocycles. The van der Waals surface area contributed by atoms with Crippen LogP contribution in [0.2, 0.25) is 0 Å². The zero-order valence-corrected chi connectivity index (χ0v) is 9.60. The van der Waals surface area contributed by atoms with Gasteiger partial charge >= 0.3 is 0 Å². The number of hydrogen-bond donors (Lipinski definition) is 0. The van der Waals surface area contributed by atoms with E-state index in [0.29, 0.717) is 0 Å². The van der Waals surface area contributed by atoms with Gasteiger partial charge in [0.2, 0.25) is 0 Å². The lowest BCUT2D eigenvalue weighted by Gasteiger charge is -2.27. The zero-order chi connectivity index (χ0) is 11.0. The monoisotopic (exact) mass is 204 g/mol. The summed E-state index contributed by atoms with van der Waals surface area (Å²) in [6, 6.07) is 2.03. The number of pyridine rings is 1. The first-order chi connectivity index (χ1) is 7.11. The molecule has 1 aliphatic rings.